The molecule has 0 amide bonds. The van der Waals surface area contributed by atoms with Crippen LogP contribution in [0.25, 0.3) is 0 Å². The molecule has 2 aromatic rings. The molecule has 0 fully saturated rings. The minimum absolute atomic E-state index is 0.0863. The highest BCUT2D eigenvalue weighted by atomic mass is 16.5. The van der Waals surface area contributed by atoms with E-state index in [0.29, 0.717) is 12.2 Å². The molecule has 0 bridgehead atoms. The summed E-state index contributed by atoms with van der Waals surface area (Å²) >= 11 is 0. The Hall–Kier alpha value is -2.49. The number of benzene rings is 2. The summed E-state index contributed by atoms with van der Waals surface area (Å²) in [6, 6.07) is 13.8. The molecule has 3 rings (SSSR count). The van der Waals surface area contributed by atoms with Crippen LogP contribution in [-0.2, 0) is 11.3 Å². The fraction of sp³-hybridized carbons (Fsp3) is 0.278. The third kappa shape index (κ3) is 2.64. The van der Waals surface area contributed by atoms with Gasteiger partial charge in [0.1, 0.15) is 11.5 Å². The van der Waals surface area contributed by atoms with Crippen molar-refractivity contribution >= 4 is 17.2 Å². The van der Waals surface area contributed by atoms with Gasteiger partial charge in [-0.3, -0.25) is 4.79 Å². The molecule has 114 valence electrons. The molecule has 1 aliphatic rings. The molecular weight excluding hydrogens is 276 g/mol. The van der Waals surface area contributed by atoms with Crippen molar-refractivity contribution in [3.8, 4) is 5.75 Å². The summed E-state index contributed by atoms with van der Waals surface area (Å²) in [6.45, 7) is 3.12. The van der Waals surface area contributed by atoms with Gasteiger partial charge < -0.3 is 15.4 Å². The van der Waals surface area contributed by atoms with Gasteiger partial charge in [-0.2, -0.15) is 0 Å². The lowest BCUT2D eigenvalue weighted by atomic mass is 9.97. The lowest BCUT2D eigenvalue weighted by Crippen LogP contribution is -2.23. The summed E-state index contributed by atoms with van der Waals surface area (Å²) in [5.41, 5.74) is 9.92. The first-order valence-electron chi connectivity index (χ1n) is 7.36. The number of hydrogen-bond acceptors (Lipinski definition) is 4. The lowest BCUT2D eigenvalue weighted by molar-refractivity contribution is -0.118. The second-order valence-corrected chi connectivity index (χ2v) is 5.71. The van der Waals surface area contributed by atoms with Gasteiger partial charge in [0.15, 0.2) is 0 Å². The van der Waals surface area contributed by atoms with Crippen LogP contribution in [0.2, 0.25) is 0 Å². The summed E-state index contributed by atoms with van der Waals surface area (Å²) in [6.07, 6.45) is 0. The number of methoxy groups -OCH3 is 1. The van der Waals surface area contributed by atoms with Crippen LogP contribution in [-0.4, -0.2) is 19.4 Å². The SMILES string of the molecule is COc1ccc(CN2CC(C(C)=O)c3cc(N)ccc32)cc1. The Labute approximate surface area is 130 Å². The standard InChI is InChI=1S/C18H20N2O2/c1-12(21)17-11-20(18-8-5-14(19)9-16(17)18)10-13-3-6-15(22-2)7-4-13/h3-9,17H,10-11,19H2,1-2H3. The number of rotatable bonds is 4. The Kier molecular flexibility index (Phi) is 3.75. The van der Waals surface area contributed by atoms with E-state index in [4.69, 9.17) is 10.5 Å². The number of Topliss-reactive ketones (excluding diaryl/α,β-unsaturated/α-hetero) is 1. The predicted molar refractivity (Wildman–Crippen MR) is 88.3 cm³/mol. The van der Waals surface area contributed by atoms with Crippen LogP contribution in [0, 0.1) is 0 Å². The monoisotopic (exact) mass is 296 g/mol. The highest BCUT2D eigenvalue weighted by Gasteiger charge is 2.31. The van der Waals surface area contributed by atoms with Crippen molar-refractivity contribution < 1.29 is 9.53 Å². The van der Waals surface area contributed by atoms with Gasteiger partial charge >= 0.3 is 0 Å². The number of anilines is 2. The number of ether oxygens (including phenoxy) is 1. The van der Waals surface area contributed by atoms with Crippen LogP contribution < -0.4 is 15.4 Å². The maximum Gasteiger partial charge on any atom is 0.139 e. The number of carbonyl (C=O) groups excluding carboxylic acids is 1. The molecule has 4 nitrogen and oxygen atoms in total. The van der Waals surface area contributed by atoms with E-state index in [1.165, 1.54) is 5.56 Å². The number of hydrogen-bond donors (Lipinski definition) is 1. The number of ketones is 1. The van der Waals surface area contributed by atoms with Gasteiger partial charge in [0.2, 0.25) is 0 Å². The zero-order valence-corrected chi connectivity index (χ0v) is 12.9. The molecule has 1 aliphatic heterocycles. The van der Waals surface area contributed by atoms with E-state index < -0.39 is 0 Å². The quantitative estimate of drug-likeness (QED) is 0.881. The summed E-state index contributed by atoms with van der Waals surface area (Å²) in [7, 11) is 1.66. The van der Waals surface area contributed by atoms with Crippen molar-refractivity contribution in [2.75, 3.05) is 24.3 Å². The van der Waals surface area contributed by atoms with Crippen molar-refractivity contribution in [1.29, 1.82) is 0 Å². The van der Waals surface area contributed by atoms with E-state index in [2.05, 4.69) is 17.0 Å². The average Bonchev–Trinajstić information content (AvgIpc) is 2.86. The Bertz CT molecular complexity index is 695. The molecule has 2 aromatic carbocycles. The molecule has 0 saturated heterocycles. The highest BCUT2D eigenvalue weighted by Crippen LogP contribution is 2.38. The molecule has 0 aromatic heterocycles. The second-order valence-electron chi connectivity index (χ2n) is 5.71. The lowest BCUT2D eigenvalue weighted by Gasteiger charge is -2.20. The first-order chi connectivity index (χ1) is 10.6. The van der Waals surface area contributed by atoms with E-state index in [9.17, 15) is 4.79 Å². The maximum absolute atomic E-state index is 11.9. The van der Waals surface area contributed by atoms with Crippen molar-refractivity contribution in [3.63, 3.8) is 0 Å². The second kappa shape index (κ2) is 5.72. The fourth-order valence-electron chi connectivity index (χ4n) is 3.01. The van der Waals surface area contributed by atoms with Gasteiger partial charge in [0.05, 0.1) is 13.0 Å². The van der Waals surface area contributed by atoms with E-state index >= 15 is 0 Å². The summed E-state index contributed by atoms with van der Waals surface area (Å²) in [4.78, 5) is 14.2. The summed E-state index contributed by atoms with van der Waals surface area (Å²) in [5.74, 6) is 0.945. The van der Waals surface area contributed by atoms with Gasteiger partial charge in [-0.25, -0.2) is 0 Å². The topological polar surface area (TPSA) is 55.6 Å². The van der Waals surface area contributed by atoms with E-state index in [1.54, 1.807) is 14.0 Å². The molecule has 4 heteroatoms. The number of nitrogen functional groups attached to an aromatic ring is 1. The minimum Gasteiger partial charge on any atom is -0.497 e. The first kappa shape index (κ1) is 14.4. The molecule has 0 radical (unpaired) electrons. The van der Waals surface area contributed by atoms with Crippen molar-refractivity contribution in [2.45, 2.75) is 19.4 Å². The van der Waals surface area contributed by atoms with Crippen molar-refractivity contribution in [1.82, 2.24) is 0 Å². The number of nitrogens with two attached hydrogens (primary N) is 1. The average molecular weight is 296 g/mol. The molecule has 1 unspecified atom stereocenters. The van der Waals surface area contributed by atoms with Gasteiger partial charge in [-0.15, -0.1) is 0 Å². The van der Waals surface area contributed by atoms with Gasteiger partial charge in [0, 0.05) is 24.5 Å². The Morgan fingerprint density at radius 2 is 2.00 bits per heavy atom. The number of nitrogens with zero attached hydrogens (tertiary/aromatic N) is 1. The normalized spacial score (nSPS) is 16.5. The molecule has 1 atom stereocenters. The Morgan fingerprint density at radius 1 is 1.27 bits per heavy atom. The fourth-order valence-corrected chi connectivity index (χ4v) is 3.01. The highest BCUT2D eigenvalue weighted by molar-refractivity contribution is 5.89. The number of carbonyl (C=O) groups is 1. The van der Waals surface area contributed by atoms with Gasteiger partial charge in [-0.1, -0.05) is 12.1 Å². The van der Waals surface area contributed by atoms with Gasteiger partial charge in [-0.05, 0) is 48.4 Å². The van der Waals surface area contributed by atoms with Crippen molar-refractivity contribution in [2.24, 2.45) is 0 Å². The molecule has 0 spiro atoms. The van der Waals surface area contributed by atoms with E-state index in [-0.39, 0.29) is 11.7 Å². The third-order valence-corrected chi connectivity index (χ3v) is 4.19. The molecular formula is C18H20N2O2. The van der Waals surface area contributed by atoms with Gasteiger partial charge in [0.25, 0.3) is 0 Å². The maximum atomic E-state index is 11.9. The van der Waals surface area contributed by atoms with Crippen molar-refractivity contribution in [3.05, 3.63) is 53.6 Å². The minimum atomic E-state index is -0.0863. The van der Waals surface area contributed by atoms with Crippen LogP contribution in [0.15, 0.2) is 42.5 Å². The molecule has 0 aliphatic carbocycles. The Morgan fingerprint density at radius 3 is 2.64 bits per heavy atom. The first-order valence-corrected chi connectivity index (χ1v) is 7.36. The van der Waals surface area contributed by atoms with E-state index in [0.717, 1.165) is 23.5 Å². The molecule has 0 saturated carbocycles. The molecule has 1 heterocycles. The zero-order chi connectivity index (χ0) is 15.7. The van der Waals surface area contributed by atoms with Crippen LogP contribution in [0.5, 0.6) is 5.75 Å². The number of fused-ring (bicyclic) bond motifs is 1. The van der Waals surface area contributed by atoms with E-state index in [1.807, 2.05) is 30.3 Å². The Balaban J connectivity index is 1.87. The summed E-state index contributed by atoms with van der Waals surface area (Å²) in [5, 5.41) is 0. The van der Waals surface area contributed by atoms with Crippen LogP contribution in [0.3, 0.4) is 0 Å². The van der Waals surface area contributed by atoms with Crippen LogP contribution >= 0.6 is 0 Å². The largest absolute Gasteiger partial charge is 0.497 e. The van der Waals surface area contributed by atoms with Crippen LogP contribution in [0.1, 0.15) is 24.0 Å². The van der Waals surface area contributed by atoms with Crippen LogP contribution in [0.4, 0.5) is 11.4 Å². The molecule has 22 heavy (non-hydrogen) atoms. The zero-order valence-electron chi connectivity index (χ0n) is 12.9. The third-order valence-electron chi connectivity index (χ3n) is 4.19. The summed E-state index contributed by atoms with van der Waals surface area (Å²) < 4.78 is 5.18. The smallest absolute Gasteiger partial charge is 0.139 e. The predicted octanol–water partition coefficient (Wildman–Crippen LogP) is 2.97. The molecule has 2 N–H and O–H groups in total.